The fraction of sp³-hybridized carbons (Fsp3) is 0.300. The number of nitrogens with one attached hydrogen (secondary N) is 1. The molecule has 0 aliphatic rings. The highest BCUT2D eigenvalue weighted by Crippen LogP contribution is 2.14. The molecule has 0 bridgehead atoms. The van der Waals surface area contributed by atoms with E-state index in [1.807, 2.05) is 13.8 Å². The lowest BCUT2D eigenvalue weighted by atomic mass is 10.1. The Balaban J connectivity index is 2.27. The van der Waals surface area contributed by atoms with Crippen LogP contribution in [0.15, 0.2) is 41.3 Å². The molecule has 0 atom stereocenters. The summed E-state index contributed by atoms with van der Waals surface area (Å²) >= 11 is 0. The van der Waals surface area contributed by atoms with Crippen LogP contribution in [-0.4, -0.2) is 52.4 Å². The van der Waals surface area contributed by atoms with Crippen LogP contribution in [0, 0.1) is 10.1 Å². The van der Waals surface area contributed by atoms with Crippen molar-refractivity contribution in [2.24, 2.45) is 0 Å². The summed E-state index contributed by atoms with van der Waals surface area (Å²) in [5.41, 5.74) is -1.45. The van der Waals surface area contributed by atoms with Gasteiger partial charge in [-0.2, -0.15) is 0 Å². The summed E-state index contributed by atoms with van der Waals surface area (Å²) in [4.78, 5) is 60.7. The minimum Gasteiger partial charge on any atom is -0.465 e. The number of hydrogen-bond donors (Lipinski definition) is 1. The van der Waals surface area contributed by atoms with Crippen molar-refractivity contribution in [2.75, 3.05) is 25.5 Å². The van der Waals surface area contributed by atoms with Gasteiger partial charge >= 0.3 is 17.2 Å². The van der Waals surface area contributed by atoms with Crippen molar-refractivity contribution in [2.45, 2.75) is 20.4 Å². The van der Waals surface area contributed by atoms with Crippen LogP contribution in [0.25, 0.3) is 0 Å². The molecule has 2 rings (SSSR count). The summed E-state index contributed by atoms with van der Waals surface area (Å²) in [6.07, 6.45) is 1.01. The maximum absolute atomic E-state index is 12.5. The molecule has 164 valence electrons. The molecule has 1 aromatic carbocycles. The third kappa shape index (κ3) is 5.53. The van der Waals surface area contributed by atoms with Gasteiger partial charge < -0.3 is 15.0 Å². The maximum atomic E-state index is 12.5. The number of ether oxygens (including phenoxy) is 1. The number of amides is 2. The molecule has 0 saturated carbocycles. The van der Waals surface area contributed by atoms with Crippen molar-refractivity contribution < 1.29 is 24.0 Å². The standard InChI is InChI=1S/C20H22N4O7/c1-4-22(5-2)18(26)13-7-6-8-15(9-13)21-17(25)12-23-11-14(20(28)31-3)10-16(19(23)27)24(29)30/h6-11H,4-5,12H2,1-3H3,(H,21,25). The van der Waals surface area contributed by atoms with Crippen molar-refractivity contribution in [3.63, 3.8) is 0 Å². The summed E-state index contributed by atoms with van der Waals surface area (Å²) in [5.74, 6) is -1.76. The molecule has 1 aromatic heterocycles. The molecule has 0 fully saturated rings. The van der Waals surface area contributed by atoms with Gasteiger partial charge in [-0.25, -0.2) is 4.79 Å². The van der Waals surface area contributed by atoms with Crippen LogP contribution < -0.4 is 10.9 Å². The van der Waals surface area contributed by atoms with E-state index < -0.39 is 34.6 Å². The summed E-state index contributed by atoms with van der Waals surface area (Å²) in [6, 6.07) is 7.07. The molecular weight excluding hydrogens is 408 g/mol. The highest BCUT2D eigenvalue weighted by Gasteiger charge is 2.21. The number of nitrogens with zero attached hydrogens (tertiary/aromatic N) is 3. The normalized spacial score (nSPS) is 10.3. The van der Waals surface area contributed by atoms with E-state index in [1.165, 1.54) is 6.07 Å². The number of benzene rings is 1. The number of pyridine rings is 1. The molecule has 2 amide bonds. The molecule has 11 heteroatoms. The largest absolute Gasteiger partial charge is 0.465 e. The van der Waals surface area contributed by atoms with Crippen molar-refractivity contribution >= 4 is 29.2 Å². The Morgan fingerprint density at radius 3 is 2.42 bits per heavy atom. The molecule has 0 spiro atoms. The highest BCUT2D eigenvalue weighted by molar-refractivity contribution is 5.97. The van der Waals surface area contributed by atoms with Crippen molar-refractivity contribution in [3.05, 3.63) is 68.1 Å². The molecule has 1 heterocycles. The second kappa shape index (κ2) is 10.1. The Kier molecular flexibility index (Phi) is 7.61. The lowest BCUT2D eigenvalue weighted by molar-refractivity contribution is -0.386. The fourth-order valence-electron chi connectivity index (χ4n) is 2.88. The number of carbonyl (C=O) groups is 3. The van der Waals surface area contributed by atoms with E-state index in [2.05, 4.69) is 10.1 Å². The number of aromatic nitrogens is 1. The molecule has 0 aliphatic carbocycles. The number of hydrogen-bond acceptors (Lipinski definition) is 7. The van der Waals surface area contributed by atoms with Crippen LogP contribution in [0.5, 0.6) is 0 Å². The summed E-state index contributed by atoms with van der Waals surface area (Å²) in [5, 5.41) is 13.7. The van der Waals surface area contributed by atoms with Gasteiger partial charge in [0, 0.05) is 36.6 Å². The van der Waals surface area contributed by atoms with Crippen LogP contribution in [0.1, 0.15) is 34.6 Å². The second-order valence-corrected chi connectivity index (χ2v) is 6.40. The van der Waals surface area contributed by atoms with E-state index in [9.17, 15) is 29.3 Å². The zero-order valence-corrected chi connectivity index (χ0v) is 17.3. The van der Waals surface area contributed by atoms with E-state index in [4.69, 9.17) is 0 Å². The highest BCUT2D eigenvalue weighted by atomic mass is 16.6. The van der Waals surface area contributed by atoms with Crippen LogP contribution in [0.3, 0.4) is 0 Å². The predicted octanol–water partition coefficient (Wildman–Crippen LogP) is 1.66. The Hall–Kier alpha value is -4.02. The van der Waals surface area contributed by atoms with Gasteiger partial charge in [0.25, 0.3) is 5.91 Å². The average molecular weight is 430 g/mol. The molecule has 0 aliphatic heterocycles. The van der Waals surface area contributed by atoms with Crippen molar-refractivity contribution in [1.29, 1.82) is 0 Å². The summed E-state index contributed by atoms with van der Waals surface area (Å²) in [7, 11) is 1.09. The van der Waals surface area contributed by atoms with Gasteiger partial charge in [-0.1, -0.05) is 6.07 Å². The molecule has 0 radical (unpaired) electrons. The van der Waals surface area contributed by atoms with Gasteiger partial charge in [-0.15, -0.1) is 0 Å². The first-order chi connectivity index (χ1) is 14.7. The second-order valence-electron chi connectivity index (χ2n) is 6.40. The van der Waals surface area contributed by atoms with E-state index in [1.54, 1.807) is 23.1 Å². The quantitative estimate of drug-likeness (QED) is 0.381. The third-order valence-corrected chi connectivity index (χ3v) is 4.44. The van der Waals surface area contributed by atoms with Crippen LogP contribution in [0.2, 0.25) is 0 Å². The van der Waals surface area contributed by atoms with E-state index in [0.29, 0.717) is 24.3 Å². The summed E-state index contributed by atoms with van der Waals surface area (Å²) in [6.45, 7) is 4.19. The number of rotatable bonds is 8. The minimum atomic E-state index is -1.04. The zero-order chi connectivity index (χ0) is 23.1. The third-order valence-electron chi connectivity index (χ3n) is 4.44. The maximum Gasteiger partial charge on any atom is 0.339 e. The Morgan fingerprint density at radius 1 is 1.16 bits per heavy atom. The van der Waals surface area contributed by atoms with E-state index in [-0.39, 0.29) is 11.5 Å². The lowest BCUT2D eigenvalue weighted by Crippen LogP contribution is -2.31. The monoisotopic (exact) mass is 430 g/mol. The fourth-order valence-corrected chi connectivity index (χ4v) is 2.88. The van der Waals surface area contributed by atoms with Gasteiger partial charge in [-0.3, -0.25) is 29.1 Å². The topological polar surface area (TPSA) is 141 Å². The summed E-state index contributed by atoms with van der Waals surface area (Å²) < 4.78 is 5.28. The Bertz CT molecular complexity index is 1070. The van der Waals surface area contributed by atoms with E-state index >= 15 is 0 Å². The SMILES string of the molecule is CCN(CC)C(=O)c1cccc(NC(=O)Cn2cc(C(=O)OC)cc([N+](=O)[O-])c2=O)c1. The molecule has 1 N–H and O–H groups in total. The number of esters is 1. The number of carbonyl (C=O) groups excluding carboxylic acids is 3. The Labute approximate surface area is 177 Å². The Morgan fingerprint density at radius 2 is 1.84 bits per heavy atom. The van der Waals surface area contributed by atoms with Gasteiger partial charge in [0.2, 0.25) is 5.91 Å². The first-order valence-corrected chi connectivity index (χ1v) is 9.38. The van der Waals surface area contributed by atoms with Crippen LogP contribution in [0.4, 0.5) is 11.4 Å². The van der Waals surface area contributed by atoms with Crippen LogP contribution >= 0.6 is 0 Å². The van der Waals surface area contributed by atoms with Crippen molar-refractivity contribution in [1.82, 2.24) is 9.47 Å². The van der Waals surface area contributed by atoms with Crippen LogP contribution in [-0.2, 0) is 16.1 Å². The van der Waals surface area contributed by atoms with Gasteiger partial charge in [0.15, 0.2) is 0 Å². The molecular formula is C20H22N4O7. The minimum absolute atomic E-state index is 0.196. The molecule has 0 saturated heterocycles. The van der Waals surface area contributed by atoms with Gasteiger partial charge in [0.1, 0.15) is 6.54 Å². The molecule has 11 nitrogen and oxygen atoms in total. The lowest BCUT2D eigenvalue weighted by Gasteiger charge is -2.19. The first kappa shape index (κ1) is 23.3. The predicted molar refractivity (Wildman–Crippen MR) is 111 cm³/mol. The number of anilines is 1. The average Bonchev–Trinajstić information content (AvgIpc) is 2.75. The van der Waals surface area contributed by atoms with Crippen molar-refractivity contribution in [3.8, 4) is 0 Å². The number of nitro groups is 1. The van der Waals surface area contributed by atoms with Gasteiger partial charge in [0.05, 0.1) is 17.6 Å². The number of methoxy groups -OCH3 is 1. The molecule has 2 aromatic rings. The smallest absolute Gasteiger partial charge is 0.339 e. The molecule has 0 unspecified atom stereocenters. The zero-order valence-electron chi connectivity index (χ0n) is 17.3. The van der Waals surface area contributed by atoms with Gasteiger partial charge in [-0.05, 0) is 32.0 Å². The first-order valence-electron chi connectivity index (χ1n) is 9.38. The molecule has 31 heavy (non-hydrogen) atoms. The van der Waals surface area contributed by atoms with E-state index in [0.717, 1.165) is 23.9 Å².